The molecule has 0 aromatic heterocycles. The monoisotopic (exact) mass is 304 g/mol. The van der Waals surface area contributed by atoms with Crippen molar-refractivity contribution in [2.45, 2.75) is 42.4 Å². The standard InChI is InChI=1S/C14H15F3O2S/c1-13(2)10(12-7-18-12)6-8-5-9(20-14(15,16)17)3-4-11(8)19-13/h3-5,10,12H,6-7H2,1-2H3. The van der Waals surface area contributed by atoms with E-state index >= 15 is 0 Å². The van der Waals surface area contributed by atoms with E-state index in [-0.39, 0.29) is 34.3 Å². The van der Waals surface area contributed by atoms with E-state index < -0.39 is 5.51 Å². The average Bonchev–Trinajstić information content (AvgIpc) is 3.09. The number of benzene rings is 1. The molecule has 1 fully saturated rings. The molecule has 1 saturated heterocycles. The van der Waals surface area contributed by atoms with Crippen molar-refractivity contribution >= 4 is 11.8 Å². The number of ether oxygens (including phenoxy) is 2. The molecule has 1 aromatic rings. The Morgan fingerprint density at radius 1 is 1.30 bits per heavy atom. The van der Waals surface area contributed by atoms with Gasteiger partial charge in [-0.15, -0.1) is 0 Å². The molecule has 1 aromatic carbocycles. The second kappa shape index (κ2) is 4.56. The van der Waals surface area contributed by atoms with Crippen LogP contribution in [0.5, 0.6) is 5.75 Å². The summed E-state index contributed by atoms with van der Waals surface area (Å²) in [5, 5.41) is 0. The Balaban J connectivity index is 1.87. The zero-order chi connectivity index (χ0) is 14.5. The van der Waals surface area contributed by atoms with Crippen LogP contribution in [0, 0.1) is 5.92 Å². The second-order valence-electron chi connectivity index (χ2n) is 5.71. The smallest absolute Gasteiger partial charge is 0.446 e. The first kappa shape index (κ1) is 14.1. The molecule has 0 aliphatic carbocycles. The minimum Gasteiger partial charge on any atom is -0.487 e. The van der Waals surface area contributed by atoms with Gasteiger partial charge < -0.3 is 9.47 Å². The van der Waals surface area contributed by atoms with Crippen molar-refractivity contribution in [1.82, 2.24) is 0 Å². The first-order chi connectivity index (χ1) is 9.24. The molecule has 110 valence electrons. The molecule has 0 bridgehead atoms. The van der Waals surface area contributed by atoms with Gasteiger partial charge >= 0.3 is 5.51 Å². The number of alkyl halides is 3. The summed E-state index contributed by atoms with van der Waals surface area (Å²) in [6.45, 7) is 4.71. The van der Waals surface area contributed by atoms with Crippen LogP contribution in [0.4, 0.5) is 13.2 Å². The van der Waals surface area contributed by atoms with Crippen LogP contribution >= 0.6 is 11.8 Å². The topological polar surface area (TPSA) is 21.8 Å². The van der Waals surface area contributed by atoms with E-state index in [4.69, 9.17) is 9.47 Å². The number of epoxide rings is 1. The minimum absolute atomic E-state index is 0.0881. The number of halogens is 3. The molecule has 2 aliphatic rings. The lowest BCUT2D eigenvalue weighted by Gasteiger charge is -2.39. The lowest BCUT2D eigenvalue weighted by molar-refractivity contribution is -0.0328. The normalized spacial score (nSPS) is 27.6. The predicted molar refractivity (Wildman–Crippen MR) is 70.0 cm³/mol. The summed E-state index contributed by atoms with van der Waals surface area (Å²) in [7, 11) is 0. The molecule has 2 nitrogen and oxygen atoms in total. The molecule has 0 radical (unpaired) electrons. The highest BCUT2D eigenvalue weighted by Gasteiger charge is 2.47. The Bertz CT molecular complexity index is 524. The number of hydrogen-bond donors (Lipinski definition) is 0. The van der Waals surface area contributed by atoms with Crippen molar-refractivity contribution in [3.8, 4) is 5.75 Å². The maximum absolute atomic E-state index is 12.4. The van der Waals surface area contributed by atoms with Crippen LogP contribution < -0.4 is 4.74 Å². The molecule has 0 N–H and O–H groups in total. The Morgan fingerprint density at radius 3 is 2.60 bits per heavy atom. The van der Waals surface area contributed by atoms with Gasteiger partial charge in [-0.3, -0.25) is 0 Å². The van der Waals surface area contributed by atoms with Gasteiger partial charge in [0, 0.05) is 10.8 Å². The lowest BCUT2D eigenvalue weighted by atomic mass is 9.80. The van der Waals surface area contributed by atoms with Gasteiger partial charge in [-0.2, -0.15) is 13.2 Å². The van der Waals surface area contributed by atoms with Crippen LogP contribution in [-0.2, 0) is 11.2 Å². The fraction of sp³-hybridized carbons (Fsp3) is 0.571. The number of thioether (sulfide) groups is 1. The maximum Gasteiger partial charge on any atom is 0.446 e. The van der Waals surface area contributed by atoms with E-state index in [2.05, 4.69) is 0 Å². The molecule has 2 heterocycles. The molecular weight excluding hydrogens is 289 g/mol. The predicted octanol–water partition coefficient (Wildman–Crippen LogP) is 4.03. The maximum atomic E-state index is 12.4. The number of rotatable bonds is 2. The summed E-state index contributed by atoms with van der Waals surface area (Å²) in [6, 6.07) is 4.67. The molecule has 2 unspecified atom stereocenters. The Hall–Kier alpha value is -0.880. The first-order valence-electron chi connectivity index (χ1n) is 6.44. The van der Waals surface area contributed by atoms with E-state index in [1.807, 2.05) is 13.8 Å². The average molecular weight is 304 g/mol. The Kier molecular flexibility index (Phi) is 3.21. The highest BCUT2D eigenvalue weighted by atomic mass is 32.2. The third-order valence-corrected chi connectivity index (χ3v) is 4.50. The third kappa shape index (κ3) is 2.91. The SMILES string of the molecule is CC1(C)Oc2ccc(SC(F)(F)F)cc2CC1C1CO1. The summed E-state index contributed by atoms with van der Waals surface area (Å²) < 4.78 is 48.6. The van der Waals surface area contributed by atoms with Crippen molar-refractivity contribution in [3.05, 3.63) is 23.8 Å². The largest absolute Gasteiger partial charge is 0.487 e. The van der Waals surface area contributed by atoms with E-state index in [0.717, 1.165) is 5.56 Å². The molecule has 0 spiro atoms. The van der Waals surface area contributed by atoms with Gasteiger partial charge in [-0.1, -0.05) is 0 Å². The molecule has 0 saturated carbocycles. The summed E-state index contributed by atoms with van der Waals surface area (Å²) in [5.41, 5.74) is -3.78. The van der Waals surface area contributed by atoms with Crippen LogP contribution in [0.1, 0.15) is 19.4 Å². The summed E-state index contributed by atoms with van der Waals surface area (Å²) in [4.78, 5) is 0.204. The zero-order valence-corrected chi connectivity index (χ0v) is 12.0. The van der Waals surface area contributed by atoms with Crippen molar-refractivity contribution in [2.24, 2.45) is 5.92 Å². The van der Waals surface area contributed by atoms with Crippen molar-refractivity contribution in [3.63, 3.8) is 0 Å². The quantitative estimate of drug-likeness (QED) is 0.608. The van der Waals surface area contributed by atoms with Gasteiger partial charge in [0.1, 0.15) is 11.4 Å². The molecule has 3 rings (SSSR count). The number of fused-ring (bicyclic) bond motifs is 1. The summed E-state index contributed by atoms with van der Waals surface area (Å²) >= 11 is -0.0881. The van der Waals surface area contributed by atoms with Gasteiger partial charge in [-0.05, 0) is 55.8 Å². The van der Waals surface area contributed by atoms with E-state index in [1.165, 1.54) is 6.07 Å². The van der Waals surface area contributed by atoms with Gasteiger partial charge in [0.2, 0.25) is 0 Å². The summed E-state index contributed by atoms with van der Waals surface area (Å²) in [5.74, 6) is 0.861. The molecule has 0 amide bonds. The third-order valence-electron chi connectivity index (χ3n) is 3.78. The fourth-order valence-corrected chi connectivity index (χ4v) is 3.33. The zero-order valence-electron chi connectivity index (χ0n) is 11.2. The van der Waals surface area contributed by atoms with Crippen molar-refractivity contribution in [1.29, 1.82) is 0 Å². The van der Waals surface area contributed by atoms with Gasteiger partial charge in [-0.25, -0.2) is 0 Å². The molecule has 6 heteroatoms. The molecule has 20 heavy (non-hydrogen) atoms. The van der Waals surface area contributed by atoms with Crippen LogP contribution in [0.3, 0.4) is 0 Å². The van der Waals surface area contributed by atoms with Crippen molar-refractivity contribution in [2.75, 3.05) is 6.61 Å². The van der Waals surface area contributed by atoms with E-state index in [1.54, 1.807) is 12.1 Å². The van der Waals surface area contributed by atoms with Gasteiger partial charge in [0.15, 0.2) is 0 Å². The van der Waals surface area contributed by atoms with Crippen LogP contribution in [0.2, 0.25) is 0 Å². The van der Waals surface area contributed by atoms with Crippen LogP contribution in [0.15, 0.2) is 23.1 Å². The molecule has 2 aliphatic heterocycles. The second-order valence-corrected chi connectivity index (χ2v) is 6.84. The van der Waals surface area contributed by atoms with Gasteiger partial charge in [0.25, 0.3) is 0 Å². The lowest BCUT2D eigenvalue weighted by Crippen LogP contribution is -2.45. The van der Waals surface area contributed by atoms with E-state index in [0.29, 0.717) is 18.8 Å². The number of hydrogen-bond acceptors (Lipinski definition) is 3. The highest BCUT2D eigenvalue weighted by Crippen LogP contribution is 2.44. The van der Waals surface area contributed by atoms with Crippen molar-refractivity contribution < 1.29 is 22.6 Å². The highest BCUT2D eigenvalue weighted by molar-refractivity contribution is 8.00. The first-order valence-corrected chi connectivity index (χ1v) is 7.25. The Labute approximate surface area is 119 Å². The molecule has 2 atom stereocenters. The fourth-order valence-electron chi connectivity index (χ4n) is 2.72. The Morgan fingerprint density at radius 2 is 2.00 bits per heavy atom. The molecular formula is C14H15F3O2S. The van der Waals surface area contributed by atoms with Crippen LogP contribution in [0.25, 0.3) is 0 Å². The summed E-state index contributed by atoms with van der Waals surface area (Å²) in [6.07, 6.45) is 0.858. The van der Waals surface area contributed by atoms with Gasteiger partial charge in [0.05, 0.1) is 12.7 Å². The van der Waals surface area contributed by atoms with Crippen LogP contribution in [-0.4, -0.2) is 23.8 Å². The van der Waals surface area contributed by atoms with E-state index in [9.17, 15) is 13.2 Å². The minimum atomic E-state index is -4.26.